The predicted molar refractivity (Wildman–Crippen MR) is 84.4 cm³/mol. The van der Waals surface area contributed by atoms with Crippen LogP contribution in [-0.2, 0) is 14.2 Å². The fourth-order valence-electron chi connectivity index (χ4n) is 3.57. The van der Waals surface area contributed by atoms with Gasteiger partial charge in [0.1, 0.15) is 0 Å². The molecule has 21 heavy (non-hydrogen) atoms. The Kier molecular flexibility index (Phi) is 6.93. The first-order valence-electron chi connectivity index (χ1n) is 8.80. The van der Waals surface area contributed by atoms with Gasteiger partial charge in [-0.25, -0.2) is 0 Å². The van der Waals surface area contributed by atoms with E-state index in [2.05, 4.69) is 19.2 Å². The van der Waals surface area contributed by atoms with E-state index in [9.17, 15) is 0 Å². The van der Waals surface area contributed by atoms with Gasteiger partial charge in [0.05, 0.1) is 25.4 Å². The highest BCUT2D eigenvalue weighted by molar-refractivity contribution is 4.92. The van der Waals surface area contributed by atoms with Crippen LogP contribution in [0.15, 0.2) is 0 Å². The van der Waals surface area contributed by atoms with E-state index in [4.69, 9.17) is 14.2 Å². The van der Waals surface area contributed by atoms with Gasteiger partial charge in [-0.05, 0) is 26.8 Å². The van der Waals surface area contributed by atoms with E-state index in [1.165, 1.54) is 25.7 Å². The summed E-state index contributed by atoms with van der Waals surface area (Å²) in [7, 11) is 2.03. The van der Waals surface area contributed by atoms with Crippen molar-refractivity contribution in [3.63, 3.8) is 0 Å². The molecule has 1 saturated carbocycles. The average molecular weight is 299 g/mol. The summed E-state index contributed by atoms with van der Waals surface area (Å²) in [6.45, 7) is 5.91. The Morgan fingerprint density at radius 2 is 2.00 bits per heavy atom. The predicted octanol–water partition coefficient (Wildman–Crippen LogP) is 3.25. The minimum Gasteiger partial charge on any atom is -0.373 e. The summed E-state index contributed by atoms with van der Waals surface area (Å²) < 4.78 is 18.1. The highest BCUT2D eigenvalue weighted by Gasteiger charge is 2.45. The van der Waals surface area contributed by atoms with Gasteiger partial charge in [0.2, 0.25) is 0 Å². The number of likely N-dealkylation sites (N-methyl/N-ethyl adjacent to an activating group) is 1. The van der Waals surface area contributed by atoms with Gasteiger partial charge in [0, 0.05) is 18.9 Å². The Morgan fingerprint density at radius 1 is 1.24 bits per heavy atom. The lowest BCUT2D eigenvalue weighted by Gasteiger charge is -2.41. The van der Waals surface area contributed by atoms with Crippen LogP contribution < -0.4 is 5.32 Å². The van der Waals surface area contributed by atoms with E-state index < -0.39 is 0 Å². The van der Waals surface area contributed by atoms with Gasteiger partial charge in [-0.1, -0.05) is 32.6 Å². The van der Waals surface area contributed by atoms with Crippen molar-refractivity contribution < 1.29 is 14.2 Å². The van der Waals surface area contributed by atoms with E-state index in [0.717, 1.165) is 38.9 Å². The van der Waals surface area contributed by atoms with Crippen molar-refractivity contribution in [1.29, 1.82) is 0 Å². The molecule has 2 aliphatic rings. The van der Waals surface area contributed by atoms with E-state index >= 15 is 0 Å². The molecule has 2 rings (SSSR count). The first-order chi connectivity index (χ1) is 10.2. The Labute approximate surface area is 129 Å². The number of ether oxygens (including phenoxy) is 3. The molecule has 3 atom stereocenters. The fourth-order valence-corrected chi connectivity index (χ4v) is 3.57. The largest absolute Gasteiger partial charge is 0.373 e. The Morgan fingerprint density at radius 3 is 2.67 bits per heavy atom. The second kappa shape index (κ2) is 8.47. The lowest BCUT2D eigenvalue weighted by Crippen LogP contribution is -2.51. The van der Waals surface area contributed by atoms with Crippen LogP contribution in [0.1, 0.15) is 65.2 Å². The van der Waals surface area contributed by atoms with Crippen LogP contribution in [0.3, 0.4) is 0 Å². The molecule has 1 spiro atoms. The summed E-state index contributed by atoms with van der Waals surface area (Å²) in [5.74, 6) is -0.361. The van der Waals surface area contributed by atoms with Crippen LogP contribution in [0.2, 0.25) is 0 Å². The SMILES string of the molecule is CCCCCCC(C)OC1CC2(CCC1NC)OCCO2. The van der Waals surface area contributed by atoms with Crippen LogP contribution in [0.5, 0.6) is 0 Å². The molecule has 0 aromatic heterocycles. The molecule has 1 heterocycles. The molecule has 3 unspecified atom stereocenters. The molecule has 0 radical (unpaired) electrons. The Hall–Kier alpha value is -0.160. The van der Waals surface area contributed by atoms with Gasteiger partial charge >= 0.3 is 0 Å². The van der Waals surface area contributed by atoms with Crippen LogP contribution in [-0.4, -0.2) is 44.3 Å². The molecule has 0 amide bonds. The summed E-state index contributed by atoms with van der Waals surface area (Å²) in [5, 5.41) is 3.41. The lowest BCUT2D eigenvalue weighted by molar-refractivity contribution is -0.212. The van der Waals surface area contributed by atoms with Crippen molar-refractivity contribution in [3.05, 3.63) is 0 Å². The van der Waals surface area contributed by atoms with E-state index in [-0.39, 0.29) is 11.9 Å². The van der Waals surface area contributed by atoms with Crippen molar-refractivity contribution >= 4 is 0 Å². The minimum atomic E-state index is -0.361. The van der Waals surface area contributed by atoms with Gasteiger partial charge in [-0.3, -0.25) is 0 Å². The molecule has 4 heteroatoms. The maximum atomic E-state index is 6.34. The molecule has 0 aromatic rings. The van der Waals surface area contributed by atoms with E-state index in [1.54, 1.807) is 0 Å². The van der Waals surface area contributed by atoms with Gasteiger partial charge in [-0.2, -0.15) is 0 Å². The van der Waals surface area contributed by atoms with Gasteiger partial charge < -0.3 is 19.5 Å². The molecule has 4 nitrogen and oxygen atoms in total. The molecule has 124 valence electrons. The molecular weight excluding hydrogens is 266 g/mol. The highest BCUT2D eigenvalue weighted by atomic mass is 16.7. The highest BCUT2D eigenvalue weighted by Crippen LogP contribution is 2.37. The summed E-state index contributed by atoms with van der Waals surface area (Å²) in [6.07, 6.45) is 9.77. The van der Waals surface area contributed by atoms with Crippen molar-refractivity contribution in [3.8, 4) is 0 Å². The van der Waals surface area contributed by atoms with Crippen molar-refractivity contribution in [1.82, 2.24) is 5.32 Å². The standard InChI is InChI=1S/C17H33NO3/c1-4-5-6-7-8-14(2)21-16-13-17(19-11-12-20-17)10-9-15(16)18-3/h14-16,18H,4-13H2,1-3H3. The molecular formula is C17H33NO3. The summed E-state index contributed by atoms with van der Waals surface area (Å²) in [6, 6.07) is 0.418. The second-order valence-electron chi connectivity index (χ2n) is 6.58. The molecule has 1 N–H and O–H groups in total. The fraction of sp³-hybridized carbons (Fsp3) is 1.00. The molecule has 0 bridgehead atoms. The zero-order valence-electron chi connectivity index (χ0n) is 14.0. The minimum absolute atomic E-state index is 0.197. The normalized spacial score (nSPS) is 29.9. The third-order valence-corrected chi connectivity index (χ3v) is 4.85. The third-order valence-electron chi connectivity index (χ3n) is 4.85. The molecule has 1 aliphatic heterocycles. The van der Waals surface area contributed by atoms with Crippen LogP contribution >= 0.6 is 0 Å². The number of hydrogen-bond acceptors (Lipinski definition) is 4. The quantitative estimate of drug-likeness (QED) is 0.698. The Bertz CT molecular complexity index is 292. The number of unbranched alkanes of at least 4 members (excludes halogenated alkanes) is 3. The van der Waals surface area contributed by atoms with Gasteiger partial charge in [0.15, 0.2) is 5.79 Å². The molecule has 2 fully saturated rings. The second-order valence-corrected chi connectivity index (χ2v) is 6.58. The number of rotatable bonds is 8. The third kappa shape index (κ3) is 4.92. The molecule has 1 aliphatic carbocycles. The van der Waals surface area contributed by atoms with Crippen LogP contribution in [0.25, 0.3) is 0 Å². The van der Waals surface area contributed by atoms with Gasteiger partial charge in [-0.15, -0.1) is 0 Å². The molecule has 1 saturated heterocycles. The molecule has 0 aromatic carbocycles. The van der Waals surface area contributed by atoms with Crippen molar-refractivity contribution in [2.24, 2.45) is 0 Å². The maximum Gasteiger partial charge on any atom is 0.171 e. The zero-order valence-corrected chi connectivity index (χ0v) is 14.0. The van der Waals surface area contributed by atoms with Crippen molar-refractivity contribution in [2.45, 2.75) is 89.3 Å². The summed E-state index contributed by atoms with van der Waals surface area (Å²) in [5.41, 5.74) is 0. The first kappa shape index (κ1) is 17.2. The van der Waals surface area contributed by atoms with Crippen molar-refractivity contribution in [2.75, 3.05) is 20.3 Å². The number of nitrogens with one attached hydrogen (secondary N) is 1. The van der Waals surface area contributed by atoms with Crippen LogP contribution in [0.4, 0.5) is 0 Å². The van der Waals surface area contributed by atoms with Gasteiger partial charge in [0.25, 0.3) is 0 Å². The average Bonchev–Trinajstić information content (AvgIpc) is 2.92. The maximum absolute atomic E-state index is 6.34. The van der Waals surface area contributed by atoms with E-state index in [1.807, 2.05) is 7.05 Å². The topological polar surface area (TPSA) is 39.7 Å². The zero-order chi connectivity index (χ0) is 15.1. The lowest BCUT2D eigenvalue weighted by atomic mass is 9.87. The number of hydrogen-bond donors (Lipinski definition) is 1. The summed E-state index contributed by atoms with van der Waals surface area (Å²) in [4.78, 5) is 0. The summed E-state index contributed by atoms with van der Waals surface area (Å²) >= 11 is 0. The van der Waals surface area contributed by atoms with Crippen LogP contribution in [0, 0.1) is 0 Å². The smallest absolute Gasteiger partial charge is 0.171 e. The van der Waals surface area contributed by atoms with E-state index in [0.29, 0.717) is 12.1 Å². The monoisotopic (exact) mass is 299 g/mol. The first-order valence-corrected chi connectivity index (χ1v) is 8.80. The Balaban J connectivity index is 1.80.